The number of carbonyl (C=O) groups excluding carboxylic acids is 1. The second-order valence-electron chi connectivity index (χ2n) is 7.76. The zero-order chi connectivity index (χ0) is 22.7. The average Bonchev–Trinajstić information content (AvgIpc) is 3.44. The molecule has 1 aliphatic rings. The molecule has 0 unspecified atom stereocenters. The number of thiazole rings is 1. The lowest BCUT2D eigenvalue weighted by atomic mass is 10.0. The third-order valence-electron chi connectivity index (χ3n) is 5.60. The number of carbonyl (C=O) groups is 2. The Hall–Kier alpha value is -3.39. The molecule has 1 amide bonds. The minimum absolute atomic E-state index is 0.00581. The van der Waals surface area contributed by atoms with Gasteiger partial charge >= 0.3 is 5.97 Å². The second-order valence-corrected chi connectivity index (χ2v) is 8.70. The van der Waals surface area contributed by atoms with Crippen LogP contribution in [0.2, 0.25) is 0 Å². The van der Waals surface area contributed by atoms with Gasteiger partial charge in [0.05, 0.1) is 20.8 Å². The summed E-state index contributed by atoms with van der Waals surface area (Å²) in [6.45, 7) is 0.776. The van der Waals surface area contributed by atoms with Crippen LogP contribution in [0.25, 0.3) is 0 Å². The van der Waals surface area contributed by atoms with Crippen molar-refractivity contribution in [3.63, 3.8) is 0 Å². The summed E-state index contributed by atoms with van der Waals surface area (Å²) in [7, 11) is 3.08. The van der Waals surface area contributed by atoms with Crippen LogP contribution < -0.4 is 9.47 Å². The van der Waals surface area contributed by atoms with Gasteiger partial charge in [0.1, 0.15) is 16.5 Å². The first-order valence-corrected chi connectivity index (χ1v) is 11.1. The molecule has 1 N–H and O–H groups in total. The number of amides is 1. The Bertz CT molecular complexity index is 1100. The molecule has 166 valence electrons. The van der Waals surface area contributed by atoms with E-state index >= 15 is 0 Å². The molecule has 0 radical (unpaired) electrons. The largest absolute Gasteiger partial charge is 0.497 e. The molecular weight excluding hydrogens is 428 g/mol. The second kappa shape index (κ2) is 9.40. The van der Waals surface area contributed by atoms with Crippen molar-refractivity contribution in [3.8, 4) is 11.5 Å². The van der Waals surface area contributed by atoms with Crippen molar-refractivity contribution in [2.45, 2.75) is 19.4 Å². The Morgan fingerprint density at radius 3 is 2.25 bits per heavy atom. The van der Waals surface area contributed by atoms with Crippen LogP contribution in [-0.4, -0.2) is 47.6 Å². The lowest BCUT2D eigenvalue weighted by molar-refractivity contribution is 0.0691. The van der Waals surface area contributed by atoms with E-state index in [1.165, 1.54) is 27.8 Å². The molecule has 0 fully saturated rings. The van der Waals surface area contributed by atoms with E-state index in [0.29, 0.717) is 28.6 Å². The fourth-order valence-corrected chi connectivity index (χ4v) is 4.85. The van der Waals surface area contributed by atoms with Crippen LogP contribution in [0, 0.1) is 5.92 Å². The van der Waals surface area contributed by atoms with Gasteiger partial charge in [-0.25, -0.2) is 9.78 Å². The van der Waals surface area contributed by atoms with E-state index < -0.39 is 5.97 Å². The van der Waals surface area contributed by atoms with Gasteiger partial charge in [-0.1, -0.05) is 24.3 Å². The van der Waals surface area contributed by atoms with Gasteiger partial charge in [-0.15, -0.1) is 11.3 Å². The number of hydrogen-bond donors (Lipinski definition) is 1. The first-order chi connectivity index (χ1) is 15.5. The molecule has 1 aliphatic carbocycles. The number of aromatic nitrogens is 1. The molecule has 0 spiro atoms. The molecule has 0 atom stereocenters. The molecule has 0 aliphatic heterocycles. The van der Waals surface area contributed by atoms with Crippen molar-refractivity contribution in [2.75, 3.05) is 20.8 Å². The molecule has 1 aromatic heterocycles. The Morgan fingerprint density at radius 2 is 1.72 bits per heavy atom. The van der Waals surface area contributed by atoms with Crippen LogP contribution in [0.1, 0.15) is 37.0 Å². The van der Waals surface area contributed by atoms with E-state index in [9.17, 15) is 14.7 Å². The standard InChI is InChI=1S/C24H24N2O5S/c1-30-19-9-18(10-20(11-19)31-2)23(27)26(13-22-25-21(14-32-22)24(28)29)12-15-7-16-5-3-4-6-17(16)8-15/h3-6,9-11,14-15H,7-8,12-13H2,1-2H3,(H,28,29). The number of carboxylic acids is 1. The molecule has 32 heavy (non-hydrogen) atoms. The predicted molar refractivity (Wildman–Crippen MR) is 121 cm³/mol. The Kier molecular flexibility index (Phi) is 6.41. The highest BCUT2D eigenvalue weighted by atomic mass is 32.1. The predicted octanol–water partition coefficient (Wildman–Crippen LogP) is 3.92. The van der Waals surface area contributed by atoms with E-state index in [-0.39, 0.29) is 24.1 Å². The molecule has 3 aromatic rings. The molecule has 0 saturated heterocycles. The lowest BCUT2D eigenvalue weighted by Gasteiger charge is -2.25. The number of fused-ring (bicyclic) bond motifs is 1. The van der Waals surface area contributed by atoms with Gasteiger partial charge in [0, 0.05) is 23.6 Å². The molecule has 4 rings (SSSR count). The first kappa shape index (κ1) is 21.8. The summed E-state index contributed by atoms with van der Waals surface area (Å²) in [6, 6.07) is 13.4. The number of nitrogens with zero attached hydrogens (tertiary/aromatic N) is 2. The maximum Gasteiger partial charge on any atom is 0.355 e. The first-order valence-electron chi connectivity index (χ1n) is 10.2. The average molecular weight is 453 g/mol. The van der Waals surface area contributed by atoms with Crippen LogP contribution in [0.15, 0.2) is 47.8 Å². The van der Waals surface area contributed by atoms with E-state index in [1.54, 1.807) is 37.3 Å². The summed E-state index contributed by atoms with van der Waals surface area (Å²) >= 11 is 1.24. The summed E-state index contributed by atoms with van der Waals surface area (Å²) in [5, 5.41) is 11.3. The van der Waals surface area contributed by atoms with Crippen LogP contribution in [0.3, 0.4) is 0 Å². The highest BCUT2D eigenvalue weighted by molar-refractivity contribution is 7.09. The summed E-state index contributed by atoms with van der Waals surface area (Å²) in [5.74, 6) is 0.0915. The van der Waals surface area contributed by atoms with Crippen molar-refractivity contribution in [3.05, 3.63) is 75.2 Å². The SMILES string of the molecule is COc1cc(OC)cc(C(=O)N(Cc2nc(C(=O)O)cs2)CC2Cc3ccccc3C2)c1. The van der Waals surface area contributed by atoms with Gasteiger partial charge in [0.2, 0.25) is 0 Å². The summed E-state index contributed by atoms with van der Waals surface area (Å²) in [4.78, 5) is 30.7. The third kappa shape index (κ3) is 4.75. The Labute approximate surface area is 190 Å². The molecule has 2 aromatic carbocycles. The Morgan fingerprint density at radius 1 is 1.09 bits per heavy atom. The quantitative estimate of drug-likeness (QED) is 0.557. The molecule has 8 heteroatoms. The van der Waals surface area contributed by atoms with Gasteiger partial charge in [-0.05, 0) is 42.0 Å². The van der Waals surface area contributed by atoms with Crippen molar-refractivity contribution < 1.29 is 24.2 Å². The summed E-state index contributed by atoms with van der Waals surface area (Å²) < 4.78 is 10.6. The topological polar surface area (TPSA) is 89.0 Å². The van der Waals surface area contributed by atoms with Crippen LogP contribution in [0.5, 0.6) is 11.5 Å². The van der Waals surface area contributed by atoms with E-state index in [0.717, 1.165) is 12.8 Å². The molecule has 0 bridgehead atoms. The Balaban J connectivity index is 1.60. The monoisotopic (exact) mass is 452 g/mol. The van der Waals surface area contributed by atoms with E-state index in [2.05, 4.69) is 17.1 Å². The zero-order valence-electron chi connectivity index (χ0n) is 17.9. The summed E-state index contributed by atoms with van der Waals surface area (Å²) in [6.07, 6.45) is 1.80. The smallest absolute Gasteiger partial charge is 0.355 e. The van der Waals surface area contributed by atoms with Gasteiger partial charge in [-0.2, -0.15) is 0 Å². The van der Waals surface area contributed by atoms with E-state index in [1.807, 2.05) is 12.1 Å². The number of aromatic carboxylic acids is 1. The maximum atomic E-state index is 13.6. The minimum atomic E-state index is -1.07. The number of hydrogen-bond acceptors (Lipinski definition) is 6. The molecule has 7 nitrogen and oxygen atoms in total. The normalized spacial score (nSPS) is 12.9. The minimum Gasteiger partial charge on any atom is -0.497 e. The lowest BCUT2D eigenvalue weighted by Crippen LogP contribution is -2.35. The number of rotatable bonds is 8. The molecule has 0 saturated carbocycles. The third-order valence-corrected chi connectivity index (χ3v) is 6.43. The number of benzene rings is 2. The van der Waals surface area contributed by atoms with Gasteiger partial charge < -0.3 is 19.5 Å². The van der Waals surface area contributed by atoms with E-state index in [4.69, 9.17) is 9.47 Å². The van der Waals surface area contributed by atoms with Crippen molar-refractivity contribution >= 4 is 23.2 Å². The fraction of sp³-hybridized carbons (Fsp3) is 0.292. The van der Waals surface area contributed by atoms with Gasteiger partial charge in [0.25, 0.3) is 5.91 Å². The highest BCUT2D eigenvalue weighted by Gasteiger charge is 2.27. The zero-order valence-corrected chi connectivity index (χ0v) is 18.7. The molecule has 1 heterocycles. The van der Waals surface area contributed by atoms with Crippen LogP contribution >= 0.6 is 11.3 Å². The number of methoxy groups -OCH3 is 2. The van der Waals surface area contributed by atoms with Crippen molar-refractivity contribution in [2.24, 2.45) is 5.92 Å². The van der Waals surface area contributed by atoms with Crippen molar-refractivity contribution in [1.29, 1.82) is 0 Å². The molecular formula is C24H24N2O5S. The maximum absolute atomic E-state index is 13.6. The fourth-order valence-electron chi connectivity index (χ4n) is 4.07. The summed E-state index contributed by atoms with van der Waals surface area (Å²) in [5.41, 5.74) is 3.08. The van der Waals surface area contributed by atoms with Crippen LogP contribution in [0.4, 0.5) is 0 Å². The number of carboxylic acid groups (broad SMARTS) is 1. The van der Waals surface area contributed by atoms with Crippen LogP contribution in [-0.2, 0) is 19.4 Å². The number of ether oxygens (including phenoxy) is 2. The van der Waals surface area contributed by atoms with Gasteiger partial charge in [-0.3, -0.25) is 4.79 Å². The van der Waals surface area contributed by atoms with Crippen molar-refractivity contribution in [1.82, 2.24) is 9.88 Å². The van der Waals surface area contributed by atoms with Gasteiger partial charge in [0.15, 0.2) is 5.69 Å². The highest BCUT2D eigenvalue weighted by Crippen LogP contribution is 2.29.